The number of aliphatic hydroxyl groups is 1. The van der Waals surface area contributed by atoms with Crippen LogP contribution in [0.2, 0.25) is 0 Å². The molecule has 1 atom stereocenters. The fraction of sp³-hybridized carbons (Fsp3) is 1.00. The highest BCUT2D eigenvalue weighted by Gasteiger charge is 2.16. The van der Waals surface area contributed by atoms with Gasteiger partial charge in [-0.25, -0.2) is 0 Å². The lowest BCUT2D eigenvalue weighted by Crippen LogP contribution is -2.34. The molecular weight excluding hydrogens is 206 g/mol. The lowest BCUT2D eigenvalue weighted by molar-refractivity contribution is 0.0208. The molecule has 0 aromatic carbocycles. The van der Waals surface area contributed by atoms with Gasteiger partial charge in [0.2, 0.25) is 0 Å². The van der Waals surface area contributed by atoms with E-state index in [1.165, 1.54) is 0 Å². The van der Waals surface area contributed by atoms with Crippen LogP contribution in [0.4, 0.5) is 0 Å². The van der Waals surface area contributed by atoms with Gasteiger partial charge in [-0.1, -0.05) is 13.8 Å². The Kier molecular flexibility index (Phi) is 8.84. The van der Waals surface area contributed by atoms with Gasteiger partial charge in [0.25, 0.3) is 0 Å². The van der Waals surface area contributed by atoms with Crippen LogP contribution in [0.1, 0.15) is 33.6 Å². The summed E-state index contributed by atoms with van der Waals surface area (Å²) in [6.45, 7) is 8.99. The van der Waals surface area contributed by atoms with Crippen molar-refractivity contribution in [3.8, 4) is 0 Å². The molecule has 0 aromatic rings. The summed E-state index contributed by atoms with van der Waals surface area (Å²) in [4.78, 5) is 0. The summed E-state index contributed by atoms with van der Waals surface area (Å²) in [5.74, 6) is 0.569. The summed E-state index contributed by atoms with van der Waals surface area (Å²) >= 11 is 0. The predicted octanol–water partition coefficient (Wildman–Crippen LogP) is 1.17. The van der Waals surface area contributed by atoms with Crippen LogP contribution in [0.5, 0.6) is 0 Å². The molecule has 0 aliphatic carbocycles. The first-order chi connectivity index (χ1) is 7.48. The Labute approximate surface area is 99.1 Å². The zero-order valence-corrected chi connectivity index (χ0v) is 10.9. The Balaban J connectivity index is 3.16. The van der Waals surface area contributed by atoms with Crippen LogP contribution in [0.3, 0.4) is 0 Å². The Morgan fingerprint density at radius 1 is 1.19 bits per heavy atom. The maximum Gasteiger partial charge on any atom is 0.0742 e. The Bertz CT molecular complexity index is 160. The van der Waals surface area contributed by atoms with Gasteiger partial charge in [-0.05, 0) is 25.7 Å². The van der Waals surface area contributed by atoms with Crippen LogP contribution in [0.25, 0.3) is 0 Å². The van der Waals surface area contributed by atoms with E-state index >= 15 is 0 Å². The number of nitrogens with two attached hydrogens (primary N) is 1. The van der Waals surface area contributed by atoms with Crippen LogP contribution >= 0.6 is 0 Å². The number of ether oxygens (including phenoxy) is 2. The first kappa shape index (κ1) is 15.8. The van der Waals surface area contributed by atoms with Gasteiger partial charge in [-0.3, -0.25) is 0 Å². The Morgan fingerprint density at radius 2 is 1.81 bits per heavy atom. The second-order valence-electron chi connectivity index (χ2n) is 4.89. The summed E-state index contributed by atoms with van der Waals surface area (Å²) in [5.41, 5.74) is 4.65. The molecule has 0 saturated carbocycles. The minimum Gasteiger partial charge on any atom is -0.389 e. The van der Waals surface area contributed by atoms with E-state index in [4.69, 9.17) is 15.2 Å². The van der Waals surface area contributed by atoms with Crippen LogP contribution in [-0.4, -0.2) is 43.7 Å². The van der Waals surface area contributed by atoms with E-state index in [2.05, 4.69) is 13.8 Å². The van der Waals surface area contributed by atoms with Crippen LogP contribution in [-0.2, 0) is 9.47 Å². The van der Waals surface area contributed by atoms with E-state index in [0.29, 0.717) is 38.7 Å². The maximum absolute atomic E-state index is 9.62. The van der Waals surface area contributed by atoms with Gasteiger partial charge in [-0.15, -0.1) is 0 Å². The normalized spacial score (nSPS) is 15.4. The SMILES string of the molecule is CC(C)COCCOCCCC(C)(O)CN. The Morgan fingerprint density at radius 3 is 2.38 bits per heavy atom. The highest BCUT2D eigenvalue weighted by molar-refractivity contribution is 4.72. The Hall–Kier alpha value is -0.160. The molecule has 0 radical (unpaired) electrons. The molecule has 0 bridgehead atoms. The molecule has 3 N–H and O–H groups in total. The lowest BCUT2D eigenvalue weighted by atomic mass is 10.0. The molecule has 0 aromatic heterocycles. The molecule has 0 rings (SSSR count). The van der Waals surface area contributed by atoms with Gasteiger partial charge in [-0.2, -0.15) is 0 Å². The summed E-state index contributed by atoms with van der Waals surface area (Å²) in [7, 11) is 0. The maximum atomic E-state index is 9.62. The van der Waals surface area contributed by atoms with Crippen molar-refractivity contribution < 1.29 is 14.6 Å². The quantitative estimate of drug-likeness (QED) is 0.556. The molecule has 0 fully saturated rings. The second kappa shape index (κ2) is 8.93. The third-order valence-corrected chi connectivity index (χ3v) is 2.27. The van der Waals surface area contributed by atoms with E-state index in [1.54, 1.807) is 6.92 Å². The van der Waals surface area contributed by atoms with Gasteiger partial charge in [0.05, 0.1) is 18.8 Å². The molecule has 0 aliphatic rings. The largest absolute Gasteiger partial charge is 0.389 e. The zero-order valence-electron chi connectivity index (χ0n) is 10.9. The molecule has 0 amide bonds. The molecule has 4 heteroatoms. The highest BCUT2D eigenvalue weighted by atomic mass is 16.5. The van der Waals surface area contributed by atoms with Crippen molar-refractivity contribution in [1.82, 2.24) is 0 Å². The molecule has 1 unspecified atom stereocenters. The molecule has 98 valence electrons. The third kappa shape index (κ3) is 10.4. The van der Waals surface area contributed by atoms with E-state index < -0.39 is 5.60 Å². The fourth-order valence-electron chi connectivity index (χ4n) is 1.20. The highest BCUT2D eigenvalue weighted by Crippen LogP contribution is 2.09. The molecule has 0 spiro atoms. The average Bonchev–Trinajstić information content (AvgIpc) is 2.21. The average molecular weight is 233 g/mol. The third-order valence-electron chi connectivity index (χ3n) is 2.27. The van der Waals surface area contributed by atoms with E-state index in [-0.39, 0.29) is 0 Å². The molecule has 4 nitrogen and oxygen atoms in total. The lowest BCUT2D eigenvalue weighted by Gasteiger charge is -2.20. The van der Waals surface area contributed by atoms with Crippen LogP contribution in [0, 0.1) is 5.92 Å². The molecule has 0 saturated heterocycles. The zero-order chi connectivity index (χ0) is 12.4. The summed E-state index contributed by atoms with van der Waals surface area (Å²) in [6, 6.07) is 0. The van der Waals surface area contributed by atoms with Gasteiger partial charge in [0.15, 0.2) is 0 Å². The molecule has 16 heavy (non-hydrogen) atoms. The van der Waals surface area contributed by atoms with Crippen molar-refractivity contribution in [2.75, 3.05) is 33.0 Å². The van der Waals surface area contributed by atoms with E-state index in [1.807, 2.05) is 0 Å². The standard InChI is InChI=1S/C12H27NO3/c1-11(2)9-16-8-7-15-6-4-5-12(3,14)10-13/h11,14H,4-10,13H2,1-3H3. The van der Waals surface area contributed by atoms with Gasteiger partial charge < -0.3 is 20.3 Å². The van der Waals surface area contributed by atoms with Crippen molar-refractivity contribution in [2.24, 2.45) is 11.7 Å². The van der Waals surface area contributed by atoms with Crippen LogP contribution in [0.15, 0.2) is 0 Å². The van der Waals surface area contributed by atoms with E-state index in [0.717, 1.165) is 13.0 Å². The fourth-order valence-corrected chi connectivity index (χ4v) is 1.20. The van der Waals surface area contributed by atoms with Crippen molar-refractivity contribution in [1.29, 1.82) is 0 Å². The molecule has 0 aliphatic heterocycles. The topological polar surface area (TPSA) is 64.7 Å². The van der Waals surface area contributed by atoms with Crippen molar-refractivity contribution in [2.45, 2.75) is 39.2 Å². The second-order valence-corrected chi connectivity index (χ2v) is 4.89. The number of hydrogen-bond donors (Lipinski definition) is 2. The molecular formula is C12H27NO3. The monoisotopic (exact) mass is 233 g/mol. The summed E-state index contributed by atoms with van der Waals surface area (Å²) in [5, 5.41) is 9.62. The summed E-state index contributed by atoms with van der Waals surface area (Å²) in [6.07, 6.45) is 1.50. The smallest absolute Gasteiger partial charge is 0.0742 e. The van der Waals surface area contributed by atoms with Gasteiger partial charge in [0, 0.05) is 19.8 Å². The minimum atomic E-state index is -0.752. The summed E-state index contributed by atoms with van der Waals surface area (Å²) < 4.78 is 10.7. The number of rotatable bonds is 10. The van der Waals surface area contributed by atoms with Gasteiger partial charge >= 0.3 is 0 Å². The van der Waals surface area contributed by atoms with Crippen molar-refractivity contribution in [3.63, 3.8) is 0 Å². The van der Waals surface area contributed by atoms with Crippen molar-refractivity contribution in [3.05, 3.63) is 0 Å². The molecule has 0 heterocycles. The number of hydrogen-bond acceptors (Lipinski definition) is 4. The minimum absolute atomic E-state index is 0.296. The van der Waals surface area contributed by atoms with Crippen LogP contribution < -0.4 is 5.73 Å². The van der Waals surface area contributed by atoms with E-state index in [9.17, 15) is 5.11 Å². The van der Waals surface area contributed by atoms with Crippen molar-refractivity contribution >= 4 is 0 Å². The first-order valence-electron chi connectivity index (χ1n) is 6.06. The first-order valence-corrected chi connectivity index (χ1v) is 6.06. The van der Waals surface area contributed by atoms with Gasteiger partial charge in [0.1, 0.15) is 0 Å². The predicted molar refractivity (Wildman–Crippen MR) is 65.4 cm³/mol.